The summed E-state index contributed by atoms with van der Waals surface area (Å²) in [6.07, 6.45) is 5.79. The molecule has 4 heterocycles. The molecular weight excluding hydrogens is 392 g/mol. The first-order valence-electron chi connectivity index (χ1n) is 10.7. The number of aliphatic hydroxyl groups is 1. The lowest BCUT2D eigenvalue weighted by Gasteiger charge is -2.58. The smallest absolute Gasteiger partial charge is 0.131 e. The molecule has 2 aromatic carbocycles. The minimum atomic E-state index is -0.486. The fourth-order valence-electron chi connectivity index (χ4n) is 5.91. The van der Waals surface area contributed by atoms with E-state index in [0.29, 0.717) is 11.8 Å². The lowest BCUT2D eigenvalue weighted by atomic mass is 9.71. The van der Waals surface area contributed by atoms with Crippen LogP contribution < -0.4 is 12.4 Å². The summed E-state index contributed by atoms with van der Waals surface area (Å²) in [6, 6.07) is 21.2. The van der Waals surface area contributed by atoms with Crippen LogP contribution in [0.4, 0.5) is 0 Å². The topological polar surface area (TPSA) is 33.1 Å². The molecule has 0 spiro atoms. The molecule has 0 radical (unpaired) electrons. The van der Waals surface area contributed by atoms with Crippen LogP contribution >= 0.6 is 0 Å². The fourth-order valence-corrected chi connectivity index (χ4v) is 5.91. The Hall–Kier alpha value is -2.20. The van der Waals surface area contributed by atoms with Crippen LogP contribution in [0.15, 0.2) is 79.5 Å². The van der Waals surface area contributed by atoms with Crippen LogP contribution in [-0.2, 0) is 6.54 Å². The van der Waals surface area contributed by atoms with Crippen LogP contribution in [0.3, 0.4) is 0 Å². The van der Waals surface area contributed by atoms with Crippen LogP contribution in [0, 0.1) is 11.8 Å². The fraction of sp³-hybridized carbons (Fsp3) is 0.346. The van der Waals surface area contributed by atoms with E-state index < -0.39 is 6.10 Å². The van der Waals surface area contributed by atoms with Gasteiger partial charge in [0.25, 0.3) is 0 Å². The van der Waals surface area contributed by atoms with E-state index >= 15 is 0 Å². The monoisotopic (exact) mass is 420 g/mol. The van der Waals surface area contributed by atoms with Gasteiger partial charge in [-0.25, -0.2) is 0 Å². The molecule has 0 aliphatic carbocycles. The van der Waals surface area contributed by atoms with Crippen molar-refractivity contribution in [2.75, 3.05) is 13.1 Å². The molecular formula is C26H29ClN2O. The van der Waals surface area contributed by atoms with E-state index in [1.54, 1.807) is 0 Å². The maximum absolute atomic E-state index is 11.7. The highest BCUT2D eigenvalue weighted by molar-refractivity contribution is 5.82. The zero-order chi connectivity index (χ0) is 19.8. The Morgan fingerprint density at radius 1 is 1.10 bits per heavy atom. The largest absolute Gasteiger partial charge is 1.00 e. The number of pyridine rings is 1. The third kappa shape index (κ3) is 3.56. The molecule has 0 amide bonds. The first-order chi connectivity index (χ1) is 14.2. The zero-order valence-electron chi connectivity index (χ0n) is 17.2. The van der Waals surface area contributed by atoms with E-state index in [4.69, 9.17) is 0 Å². The highest BCUT2D eigenvalue weighted by atomic mass is 35.5. The van der Waals surface area contributed by atoms with Gasteiger partial charge in [-0.15, -0.1) is 6.58 Å². The Kier molecular flexibility index (Phi) is 5.97. The number of halogens is 1. The van der Waals surface area contributed by atoms with Crippen molar-refractivity contribution in [2.24, 2.45) is 11.8 Å². The van der Waals surface area contributed by atoms with Crippen molar-refractivity contribution in [1.29, 1.82) is 0 Å². The number of fused-ring (bicyclic) bond motifs is 4. The van der Waals surface area contributed by atoms with Gasteiger partial charge < -0.3 is 22.0 Å². The molecule has 1 aromatic heterocycles. The van der Waals surface area contributed by atoms with E-state index in [2.05, 4.69) is 54.0 Å². The number of para-hydroxylation sites is 1. The van der Waals surface area contributed by atoms with Gasteiger partial charge in [-0.2, -0.15) is 0 Å². The van der Waals surface area contributed by atoms with Crippen molar-refractivity contribution in [3.05, 3.63) is 90.6 Å². The number of aliphatic hydroxyl groups excluding tert-OH is 1. The molecule has 3 aliphatic heterocycles. The minimum absolute atomic E-state index is 0. The number of nitrogens with zero attached hydrogens (tertiary/aromatic N) is 2. The summed E-state index contributed by atoms with van der Waals surface area (Å²) in [6.45, 7) is 7.32. The maximum Gasteiger partial charge on any atom is 0.131 e. The molecule has 3 aliphatic rings. The van der Waals surface area contributed by atoms with Crippen molar-refractivity contribution in [1.82, 2.24) is 4.98 Å². The Balaban J connectivity index is 0.00000218. The van der Waals surface area contributed by atoms with E-state index in [1.807, 2.05) is 30.5 Å². The van der Waals surface area contributed by atoms with Crippen molar-refractivity contribution in [2.45, 2.75) is 31.5 Å². The Labute approximate surface area is 185 Å². The average molecular weight is 421 g/mol. The number of quaternary nitrogens is 1. The van der Waals surface area contributed by atoms with Gasteiger partial charge in [-0.1, -0.05) is 54.6 Å². The highest BCUT2D eigenvalue weighted by Gasteiger charge is 2.53. The van der Waals surface area contributed by atoms with E-state index in [1.165, 1.54) is 12.0 Å². The lowest BCUT2D eigenvalue weighted by Crippen LogP contribution is -3.00. The highest BCUT2D eigenvalue weighted by Crippen LogP contribution is 2.47. The van der Waals surface area contributed by atoms with Crippen LogP contribution in [0.1, 0.15) is 30.1 Å². The van der Waals surface area contributed by atoms with Gasteiger partial charge in [-0.3, -0.25) is 4.98 Å². The summed E-state index contributed by atoms with van der Waals surface area (Å²) < 4.78 is 0.953. The molecule has 4 heteroatoms. The number of benzene rings is 2. The number of hydrogen-bond acceptors (Lipinski definition) is 2. The molecule has 6 rings (SSSR count). The van der Waals surface area contributed by atoms with Crippen LogP contribution in [0.2, 0.25) is 0 Å². The van der Waals surface area contributed by atoms with Gasteiger partial charge in [0.05, 0.1) is 18.6 Å². The summed E-state index contributed by atoms with van der Waals surface area (Å²) in [7, 11) is 0. The van der Waals surface area contributed by atoms with Crippen LogP contribution in [-0.4, -0.2) is 33.7 Å². The third-order valence-corrected chi connectivity index (χ3v) is 7.38. The van der Waals surface area contributed by atoms with Gasteiger partial charge in [0, 0.05) is 35.9 Å². The standard InChI is InChI=1S/C26H29N2O.ClH/c1-2-20-18-28(17-19-8-4-3-5-9-19)15-13-21(20)16-25(28)26(29)23-12-14-27-24-11-7-6-10-22(23)24;/h2-12,14,20-21,25-26,29H,1,13,15-18H2;1H/q+1;/p-1. The molecule has 5 atom stereocenters. The van der Waals surface area contributed by atoms with Crippen LogP contribution in [0.25, 0.3) is 10.9 Å². The molecule has 30 heavy (non-hydrogen) atoms. The van der Waals surface area contributed by atoms with Crippen molar-refractivity contribution < 1.29 is 22.0 Å². The normalized spacial score (nSPS) is 28.6. The average Bonchev–Trinajstić information content (AvgIpc) is 2.78. The van der Waals surface area contributed by atoms with Gasteiger partial charge in [0.1, 0.15) is 18.7 Å². The molecule has 5 unspecified atom stereocenters. The first kappa shape index (κ1) is 21.0. The number of rotatable bonds is 5. The quantitative estimate of drug-likeness (QED) is 0.505. The Morgan fingerprint density at radius 2 is 1.87 bits per heavy atom. The predicted molar refractivity (Wildman–Crippen MR) is 117 cm³/mol. The SMILES string of the molecule is C=CC1C[N+]2(Cc3ccccc3)CCC1CC2C(O)c1ccnc2ccccc12.[Cl-]. The van der Waals surface area contributed by atoms with E-state index in [0.717, 1.165) is 47.0 Å². The second kappa shape index (κ2) is 8.50. The van der Waals surface area contributed by atoms with Gasteiger partial charge >= 0.3 is 0 Å². The van der Waals surface area contributed by atoms with E-state index in [-0.39, 0.29) is 18.4 Å². The zero-order valence-corrected chi connectivity index (χ0v) is 18.0. The second-order valence-electron chi connectivity index (χ2n) is 8.88. The molecule has 3 aromatic rings. The summed E-state index contributed by atoms with van der Waals surface area (Å²) in [5.41, 5.74) is 3.33. The Morgan fingerprint density at radius 3 is 2.67 bits per heavy atom. The lowest BCUT2D eigenvalue weighted by molar-refractivity contribution is -0.984. The third-order valence-electron chi connectivity index (χ3n) is 7.38. The van der Waals surface area contributed by atoms with Gasteiger partial charge in [-0.05, 0) is 23.6 Å². The summed E-state index contributed by atoms with van der Waals surface area (Å²) in [4.78, 5) is 4.50. The maximum atomic E-state index is 11.7. The summed E-state index contributed by atoms with van der Waals surface area (Å²) >= 11 is 0. The number of aromatic nitrogens is 1. The molecule has 2 bridgehead atoms. The minimum Gasteiger partial charge on any atom is -1.00 e. The number of hydrogen-bond donors (Lipinski definition) is 1. The van der Waals surface area contributed by atoms with E-state index in [9.17, 15) is 5.11 Å². The molecule has 1 N–H and O–H groups in total. The summed E-state index contributed by atoms with van der Waals surface area (Å²) in [5, 5.41) is 12.8. The first-order valence-corrected chi connectivity index (χ1v) is 10.7. The molecule has 3 nitrogen and oxygen atoms in total. The van der Waals surface area contributed by atoms with Crippen molar-refractivity contribution in [3.63, 3.8) is 0 Å². The molecule has 156 valence electrons. The van der Waals surface area contributed by atoms with Crippen molar-refractivity contribution >= 4 is 10.9 Å². The van der Waals surface area contributed by atoms with Crippen molar-refractivity contribution in [3.8, 4) is 0 Å². The second-order valence-corrected chi connectivity index (χ2v) is 8.88. The van der Waals surface area contributed by atoms with Gasteiger partial charge in [0.15, 0.2) is 0 Å². The van der Waals surface area contributed by atoms with Gasteiger partial charge in [0.2, 0.25) is 0 Å². The van der Waals surface area contributed by atoms with Crippen LogP contribution in [0.5, 0.6) is 0 Å². The molecule has 0 saturated carbocycles. The molecule has 3 fully saturated rings. The summed E-state index contributed by atoms with van der Waals surface area (Å²) in [5.74, 6) is 1.18. The predicted octanol–water partition coefficient (Wildman–Crippen LogP) is 1.88. The Bertz CT molecular complexity index is 1020. The number of piperidine rings is 3. The molecule has 3 saturated heterocycles.